The van der Waals surface area contributed by atoms with Gasteiger partial charge < -0.3 is 15.6 Å². The molecule has 102 valence electrons. The van der Waals surface area contributed by atoms with Crippen LogP contribution in [-0.2, 0) is 4.74 Å². The molecule has 0 bridgehead atoms. The van der Waals surface area contributed by atoms with Gasteiger partial charge in [0, 0.05) is 5.41 Å². The molecule has 17 heavy (non-hydrogen) atoms. The topological polar surface area (TPSA) is 55.5 Å². The van der Waals surface area contributed by atoms with E-state index in [2.05, 4.69) is 12.6 Å². The average molecular weight is 279 g/mol. The van der Waals surface area contributed by atoms with Gasteiger partial charge in [0.25, 0.3) is 0 Å². The Morgan fingerprint density at radius 3 is 2.00 bits per heavy atom. The van der Waals surface area contributed by atoms with Crippen molar-refractivity contribution < 1.29 is 9.84 Å². The van der Waals surface area contributed by atoms with E-state index in [1.165, 1.54) is 0 Å². The summed E-state index contributed by atoms with van der Waals surface area (Å²) < 4.78 is 5.88. The molecule has 0 aliphatic rings. The van der Waals surface area contributed by atoms with Crippen molar-refractivity contribution in [2.45, 2.75) is 58.6 Å². The van der Waals surface area contributed by atoms with Crippen LogP contribution in [0.2, 0.25) is 0 Å². The fourth-order valence-electron chi connectivity index (χ4n) is 2.38. The van der Waals surface area contributed by atoms with E-state index in [9.17, 15) is 5.11 Å². The summed E-state index contributed by atoms with van der Waals surface area (Å²) in [6.45, 7) is 9.80. The lowest BCUT2D eigenvalue weighted by molar-refractivity contribution is -0.0807. The smallest absolute Gasteiger partial charge is 0.217 e. The first-order valence-corrected chi connectivity index (χ1v) is 6.77. The fourth-order valence-corrected chi connectivity index (χ4v) is 2.77. The number of hydrogen-bond acceptors (Lipinski definition) is 4. The van der Waals surface area contributed by atoms with E-state index in [4.69, 9.17) is 22.7 Å². The zero-order chi connectivity index (χ0) is 13.9. The molecule has 0 aromatic heterocycles. The molecule has 0 amide bonds. The summed E-state index contributed by atoms with van der Waals surface area (Å²) in [6.07, 6.45) is 1.38. The highest BCUT2D eigenvalue weighted by atomic mass is 32.1. The molecule has 2 unspecified atom stereocenters. The van der Waals surface area contributed by atoms with Crippen molar-refractivity contribution in [3.05, 3.63) is 0 Å². The Labute approximate surface area is 116 Å². The van der Waals surface area contributed by atoms with E-state index in [1.807, 2.05) is 34.6 Å². The van der Waals surface area contributed by atoms with E-state index in [-0.39, 0.29) is 11.0 Å². The second-order valence-corrected chi connectivity index (χ2v) is 6.40. The quantitative estimate of drug-likeness (QED) is 0.516. The van der Waals surface area contributed by atoms with Crippen LogP contribution in [0.4, 0.5) is 0 Å². The third kappa shape index (κ3) is 3.13. The Kier molecular flexibility index (Phi) is 5.92. The number of aliphatic hydroxyl groups is 1. The molecule has 0 aromatic carbocycles. The van der Waals surface area contributed by atoms with Crippen LogP contribution in [0.5, 0.6) is 0 Å². The second-order valence-electron chi connectivity index (χ2n) is 5.32. The lowest BCUT2D eigenvalue weighted by atomic mass is 9.62. The third-order valence-electron chi connectivity index (χ3n) is 4.09. The molecule has 5 heteroatoms. The molecule has 0 spiro atoms. The molecular weight excluding hydrogens is 254 g/mol. The molecule has 0 saturated heterocycles. The van der Waals surface area contributed by atoms with Gasteiger partial charge in [-0.25, -0.2) is 0 Å². The maximum atomic E-state index is 9.57. The SMILES string of the molecule is CCC(C)(OC(=S)S)C(N)(CC)C(C)(C)CO. The Bertz CT molecular complexity index is 284. The summed E-state index contributed by atoms with van der Waals surface area (Å²) in [6, 6.07) is 0. The van der Waals surface area contributed by atoms with Gasteiger partial charge in [-0.15, -0.1) is 0 Å². The van der Waals surface area contributed by atoms with Gasteiger partial charge in [0.1, 0.15) is 5.60 Å². The Hall–Kier alpha value is 0.160. The van der Waals surface area contributed by atoms with Crippen molar-refractivity contribution in [1.82, 2.24) is 0 Å². The van der Waals surface area contributed by atoms with Crippen LogP contribution in [0.3, 0.4) is 0 Å². The lowest BCUT2D eigenvalue weighted by Crippen LogP contribution is -2.68. The van der Waals surface area contributed by atoms with Gasteiger partial charge in [-0.3, -0.25) is 0 Å². The zero-order valence-corrected chi connectivity index (χ0v) is 13.1. The number of hydrogen-bond donors (Lipinski definition) is 3. The van der Waals surface area contributed by atoms with Gasteiger partial charge in [0.2, 0.25) is 4.38 Å². The molecule has 0 fully saturated rings. The van der Waals surface area contributed by atoms with E-state index in [0.717, 1.165) is 0 Å². The van der Waals surface area contributed by atoms with Crippen LogP contribution in [0.1, 0.15) is 47.5 Å². The first-order valence-electron chi connectivity index (χ1n) is 5.92. The summed E-state index contributed by atoms with van der Waals surface area (Å²) in [4.78, 5) is 0. The van der Waals surface area contributed by atoms with E-state index < -0.39 is 16.6 Å². The minimum absolute atomic E-state index is 0.00434. The molecular formula is C12H25NO2S2. The van der Waals surface area contributed by atoms with Crippen LogP contribution < -0.4 is 5.73 Å². The number of thiol groups is 1. The van der Waals surface area contributed by atoms with Crippen LogP contribution in [0, 0.1) is 5.41 Å². The number of aliphatic hydroxyl groups excluding tert-OH is 1. The van der Waals surface area contributed by atoms with Crippen molar-refractivity contribution in [1.29, 1.82) is 0 Å². The van der Waals surface area contributed by atoms with Gasteiger partial charge in [-0.1, -0.05) is 40.3 Å². The highest BCUT2D eigenvalue weighted by molar-refractivity contribution is 8.10. The molecule has 3 N–H and O–H groups in total. The van der Waals surface area contributed by atoms with Gasteiger partial charge in [-0.2, -0.15) is 0 Å². The van der Waals surface area contributed by atoms with Gasteiger partial charge in [0.05, 0.1) is 12.1 Å². The number of rotatable bonds is 6. The number of ether oxygens (including phenoxy) is 1. The van der Waals surface area contributed by atoms with Crippen LogP contribution in [0.15, 0.2) is 0 Å². The van der Waals surface area contributed by atoms with Crippen LogP contribution in [-0.4, -0.2) is 27.2 Å². The minimum atomic E-state index is -0.684. The summed E-state index contributed by atoms with van der Waals surface area (Å²) in [5.74, 6) is 0. The summed E-state index contributed by atoms with van der Waals surface area (Å²) in [5.41, 5.74) is 4.75. The van der Waals surface area contributed by atoms with Crippen molar-refractivity contribution in [3.8, 4) is 0 Å². The Morgan fingerprint density at radius 1 is 1.29 bits per heavy atom. The molecule has 3 nitrogen and oxygen atoms in total. The van der Waals surface area contributed by atoms with Crippen LogP contribution >= 0.6 is 24.8 Å². The van der Waals surface area contributed by atoms with E-state index >= 15 is 0 Å². The highest BCUT2D eigenvalue weighted by Gasteiger charge is 2.54. The van der Waals surface area contributed by atoms with E-state index in [1.54, 1.807) is 0 Å². The zero-order valence-electron chi connectivity index (χ0n) is 11.4. The predicted molar refractivity (Wildman–Crippen MR) is 79.4 cm³/mol. The predicted octanol–water partition coefficient (Wildman–Crippen LogP) is 2.51. The second kappa shape index (κ2) is 5.87. The number of nitrogens with two attached hydrogens (primary N) is 1. The molecule has 0 heterocycles. The monoisotopic (exact) mass is 279 g/mol. The van der Waals surface area contributed by atoms with Gasteiger partial charge in [-0.05, 0) is 32.0 Å². The molecule has 0 radical (unpaired) electrons. The Morgan fingerprint density at radius 2 is 1.76 bits per heavy atom. The molecule has 2 atom stereocenters. The molecule has 0 saturated carbocycles. The minimum Gasteiger partial charge on any atom is -0.470 e. The fraction of sp³-hybridized carbons (Fsp3) is 0.917. The summed E-state index contributed by atoms with van der Waals surface area (Å²) in [5, 5.41) is 9.57. The van der Waals surface area contributed by atoms with E-state index in [0.29, 0.717) is 12.8 Å². The van der Waals surface area contributed by atoms with Gasteiger partial charge >= 0.3 is 0 Å². The van der Waals surface area contributed by atoms with Gasteiger partial charge in [0.15, 0.2) is 0 Å². The first-order chi connectivity index (χ1) is 7.60. The molecule has 0 aliphatic heterocycles. The standard InChI is InChI=1S/C12H25NO2S2/c1-6-11(5,15-9(16)17)12(13,7-2)10(3,4)8-14/h14H,6-8,13H2,1-5H3,(H,16,17). The Balaban J connectivity index is 5.52. The normalized spacial score (nSPS) is 19.3. The van der Waals surface area contributed by atoms with Crippen molar-refractivity contribution in [2.24, 2.45) is 11.1 Å². The molecule has 0 rings (SSSR count). The largest absolute Gasteiger partial charge is 0.470 e. The molecule has 0 aromatic rings. The van der Waals surface area contributed by atoms with Crippen LogP contribution in [0.25, 0.3) is 0 Å². The number of thiocarbonyl (C=S) groups is 1. The van der Waals surface area contributed by atoms with Crippen molar-refractivity contribution in [2.75, 3.05) is 6.61 Å². The molecule has 0 aliphatic carbocycles. The maximum Gasteiger partial charge on any atom is 0.217 e. The summed E-state index contributed by atoms with van der Waals surface area (Å²) in [7, 11) is 0. The summed E-state index contributed by atoms with van der Waals surface area (Å²) >= 11 is 8.94. The third-order valence-corrected chi connectivity index (χ3v) is 4.27. The lowest BCUT2D eigenvalue weighted by Gasteiger charge is -2.53. The van der Waals surface area contributed by atoms with Crippen molar-refractivity contribution in [3.63, 3.8) is 0 Å². The first kappa shape index (κ1) is 17.2. The highest BCUT2D eigenvalue weighted by Crippen LogP contribution is 2.43. The van der Waals surface area contributed by atoms with Crippen molar-refractivity contribution >= 4 is 29.2 Å². The average Bonchev–Trinajstić information content (AvgIpc) is 2.26. The maximum absolute atomic E-state index is 9.57.